The molecular formula is C34H48N4O2. The van der Waals surface area contributed by atoms with Gasteiger partial charge >= 0.3 is 0 Å². The second-order valence-electron chi connectivity index (χ2n) is 12.8. The summed E-state index contributed by atoms with van der Waals surface area (Å²) in [6.45, 7) is 14.4. The van der Waals surface area contributed by atoms with Crippen LogP contribution >= 0.6 is 0 Å². The number of carbonyl (C=O) groups is 1. The third-order valence-corrected chi connectivity index (χ3v) is 9.39. The molecule has 5 rings (SSSR count). The van der Waals surface area contributed by atoms with E-state index in [4.69, 9.17) is 9.84 Å². The van der Waals surface area contributed by atoms with Crippen LogP contribution in [0.2, 0.25) is 0 Å². The summed E-state index contributed by atoms with van der Waals surface area (Å²) in [4.78, 5) is 18.7. The normalized spacial score (nSPS) is 20.5. The molecule has 0 N–H and O–H groups in total. The average Bonchev–Trinajstić information content (AvgIpc) is 3.34. The van der Waals surface area contributed by atoms with Crippen molar-refractivity contribution in [3.05, 3.63) is 53.7 Å². The van der Waals surface area contributed by atoms with E-state index in [9.17, 15) is 4.79 Å². The Morgan fingerprint density at radius 3 is 2.27 bits per heavy atom. The highest BCUT2D eigenvalue weighted by molar-refractivity contribution is 5.96. The van der Waals surface area contributed by atoms with Gasteiger partial charge in [0.1, 0.15) is 5.75 Å². The summed E-state index contributed by atoms with van der Waals surface area (Å²) < 4.78 is 7.37. The molecule has 0 radical (unpaired) electrons. The molecule has 1 amide bonds. The van der Waals surface area contributed by atoms with Gasteiger partial charge < -0.3 is 14.5 Å². The number of rotatable bonds is 9. The molecule has 216 valence electrons. The van der Waals surface area contributed by atoms with Crippen LogP contribution in [0, 0.1) is 23.7 Å². The number of aromatic nitrogens is 2. The van der Waals surface area contributed by atoms with Crippen LogP contribution in [0.15, 0.2) is 42.6 Å². The number of aryl methyl sites for hydroxylation is 1. The van der Waals surface area contributed by atoms with Gasteiger partial charge in [-0.15, -0.1) is 0 Å². The van der Waals surface area contributed by atoms with E-state index in [1.807, 2.05) is 28.9 Å². The third-order valence-electron chi connectivity index (χ3n) is 9.39. The van der Waals surface area contributed by atoms with E-state index in [-0.39, 0.29) is 5.91 Å². The number of fused-ring (bicyclic) bond motifs is 1. The van der Waals surface area contributed by atoms with E-state index in [1.165, 1.54) is 44.3 Å². The highest BCUT2D eigenvalue weighted by Gasteiger charge is 2.33. The first-order valence-electron chi connectivity index (χ1n) is 15.5. The molecular weight excluding hydrogens is 496 g/mol. The van der Waals surface area contributed by atoms with Gasteiger partial charge in [-0.25, -0.2) is 4.52 Å². The van der Waals surface area contributed by atoms with Crippen molar-refractivity contribution in [3.8, 4) is 17.0 Å². The number of ether oxygens (including phenoxy) is 1. The lowest BCUT2D eigenvalue weighted by atomic mass is 9.78. The third kappa shape index (κ3) is 6.38. The minimum Gasteiger partial charge on any atom is -0.497 e. The molecule has 0 bridgehead atoms. The van der Waals surface area contributed by atoms with E-state index < -0.39 is 0 Å². The molecule has 2 aliphatic heterocycles. The van der Waals surface area contributed by atoms with Crippen LogP contribution < -0.4 is 4.74 Å². The Kier molecular flexibility index (Phi) is 9.14. The molecule has 0 spiro atoms. The van der Waals surface area contributed by atoms with Crippen molar-refractivity contribution >= 4 is 11.4 Å². The quantitative estimate of drug-likeness (QED) is 0.297. The summed E-state index contributed by atoms with van der Waals surface area (Å²) in [6, 6.07) is 12.2. The van der Waals surface area contributed by atoms with Crippen molar-refractivity contribution in [1.29, 1.82) is 0 Å². The molecule has 6 nitrogen and oxygen atoms in total. The molecule has 2 saturated heterocycles. The molecule has 40 heavy (non-hydrogen) atoms. The molecule has 3 aromatic rings. The largest absolute Gasteiger partial charge is 0.497 e. The first kappa shape index (κ1) is 28.7. The first-order chi connectivity index (χ1) is 19.3. The van der Waals surface area contributed by atoms with E-state index >= 15 is 0 Å². The van der Waals surface area contributed by atoms with Crippen molar-refractivity contribution in [2.45, 2.75) is 66.2 Å². The van der Waals surface area contributed by atoms with Crippen molar-refractivity contribution in [2.75, 3.05) is 39.8 Å². The fourth-order valence-corrected chi connectivity index (χ4v) is 6.61. The van der Waals surface area contributed by atoms with E-state index in [1.54, 1.807) is 7.11 Å². The maximum atomic E-state index is 13.9. The monoisotopic (exact) mass is 544 g/mol. The summed E-state index contributed by atoms with van der Waals surface area (Å²) in [5, 5.41) is 5.02. The molecule has 1 aromatic carbocycles. The first-order valence-corrected chi connectivity index (χ1v) is 15.5. The van der Waals surface area contributed by atoms with E-state index in [2.05, 4.69) is 55.7 Å². The summed E-state index contributed by atoms with van der Waals surface area (Å²) in [7, 11) is 1.69. The Hall–Kier alpha value is -2.86. The molecule has 0 saturated carbocycles. The van der Waals surface area contributed by atoms with Crippen LogP contribution in [0.5, 0.6) is 5.75 Å². The van der Waals surface area contributed by atoms with Crippen molar-refractivity contribution in [3.63, 3.8) is 0 Å². The van der Waals surface area contributed by atoms with Gasteiger partial charge in [0.2, 0.25) is 0 Å². The predicted molar refractivity (Wildman–Crippen MR) is 163 cm³/mol. The topological polar surface area (TPSA) is 50.1 Å². The Labute approximate surface area is 240 Å². The van der Waals surface area contributed by atoms with Crippen molar-refractivity contribution in [2.24, 2.45) is 23.7 Å². The minimum atomic E-state index is 0.157. The minimum absolute atomic E-state index is 0.157. The van der Waals surface area contributed by atoms with Gasteiger partial charge in [0.15, 0.2) is 0 Å². The SMILES string of the molecule is COc1ccc(-c2nn3ccc(C(=O)N4CC(C(C)C)CC(C(C)C)C4)cc3c2CCCN2CCCCC2)cc1. The maximum Gasteiger partial charge on any atom is 0.254 e. The van der Waals surface area contributed by atoms with Gasteiger partial charge in [0.05, 0.1) is 18.3 Å². The Morgan fingerprint density at radius 2 is 1.65 bits per heavy atom. The van der Waals surface area contributed by atoms with Crippen LogP contribution in [0.25, 0.3) is 16.8 Å². The van der Waals surface area contributed by atoms with Crippen LogP contribution in [-0.4, -0.2) is 65.2 Å². The molecule has 6 heteroatoms. The van der Waals surface area contributed by atoms with E-state index in [0.29, 0.717) is 23.7 Å². The fourth-order valence-electron chi connectivity index (χ4n) is 6.61. The van der Waals surface area contributed by atoms with Crippen molar-refractivity contribution < 1.29 is 9.53 Å². The van der Waals surface area contributed by atoms with Crippen LogP contribution in [0.1, 0.15) is 75.7 Å². The van der Waals surface area contributed by atoms with Gasteiger partial charge in [-0.2, -0.15) is 5.10 Å². The number of amides is 1. The van der Waals surface area contributed by atoms with Crippen molar-refractivity contribution in [1.82, 2.24) is 19.4 Å². The lowest BCUT2D eigenvalue weighted by Gasteiger charge is -2.41. The average molecular weight is 545 g/mol. The number of hydrogen-bond donors (Lipinski definition) is 0. The van der Waals surface area contributed by atoms with Gasteiger partial charge in [0, 0.05) is 36.0 Å². The van der Waals surface area contributed by atoms with Gasteiger partial charge in [-0.1, -0.05) is 34.1 Å². The fraction of sp³-hybridized carbons (Fsp3) is 0.588. The van der Waals surface area contributed by atoms with Crippen LogP contribution in [0.4, 0.5) is 0 Å². The highest BCUT2D eigenvalue weighted by atomic mass is 16.5. The zero-order valence-electron chi connectivity index (χ0n) is 25.2. The zero-order valence-corrected chi connectivity index (χ0v) is 25.2. The number of hydrogen-bond acceptors (Lipinski definition) is 4. The second-order valence-corrected chi connectivity index (χ2v) is 12.8. The lowest BCUT2D eigenvalue weighted by Crippen LogP contribution is -2.46. The molecule has 2 aromatic heterocycles. The number of piperidine rings is 2. The lowest BCUT2D eigenvalue weighted by molar-refractivity contribution is 0.0482. The summed E-state index contributed by atoms with van der Waals surface area (Å²) >= 11 is 0. The standard InChI is InChI=1S/C34H48N4O2/c1-24(2)28-20-29(25(3)4)23-37(22-28)34(39)27-15-19-38-32(21-27)31(10-9-18-36-16-7-6-8-17-36)33(35-38)26-11-13-30(40-5)14-12-26/h11-15,19,21,24-25,28-29H,6-10,16-18,20,22-23H2,1-5H3. The smallest absolute Gasteiger partial charge is 0.254 e. The number of likely N-dealkylation sites (tertiary alicyclic amines) is 2. The summed E-state index contributed by atoms with van der Waals surface area (Å²) in [5.41, 5.74) is 5.14. The molecule has 2 unspecified atom stereocenters. The molecule has 0 aliphatic carbocycles. The number of methoxy groups -OCH3 is 1. The van der Waals surface area contributed by atoms with Gasteiger partial charge in [-0.3, -0.25) is 4.79 Å². The summed E-state index contributed by atoms with van der Waals surface area (Å²) in [5.74, 6) is 3.25. The van der Waals surface area contributed by atoms with E-state index in [0.717, 1.165) is 60.6 Å². The van der Waals surface area contributed by atoms with Crippen LogP contribution in [-0.2, 0) is 6.42 Å². The molecule has 2 aliphatic rings. The molecule has 2 atom stereocenters. The number of pyridine rings is 1. The predicted octanol–water partition coefficient (Wildman–Crippen LogP) is 6.82. The Balaban J connectivity index is 1.45. The number of carbonyl (C=O) groups excluding carboxylic acids is 1. The zero-order chi connectivity index (χ0) is 28.2. The number of benzene rings is 1. The van der Waals surface area contributed by atoms with Gasteiger partial charge in [-0.05, 0) is 112 Å². The molecule has 4 heterocycles. The second kappa shape index (κ2) is 12.8. The van der Waals surface area contributed by atoms with Crippen LogP contribution in [0.3, 0.4) is 0 Å². The number of nitrogens with zero attached hydrogens (tertiary/aromatic N) is 4. The summed E-state index contributed by atoms with van der Waals surface area (Å²) in [6.07, 6.45) is 9.20. The highest BCUT2D eigenvalue weighted by Crippen LogP contribution is 2.33. The maximum absolute atomic E-state index is 13.9. The Bertz CT molecular complexity index is 1260. The van der Waals surface area contributed by atoms with Gasteiger partial charge in [0.25, 0.3) is 5.91 Å². The molecule has 2 fully saturated rings. The Morgan fingerprint density at radius 1 is 0.975 bits per heavy atom.